The van der Waals surface area contributed by atoms with Gasteiger partial charge < -0.3 is 28.0 Å². The van der Waals surface area contributed by atoms with E-state index in [0.29, 0.717) is 0 Å². The lowest BCUT2D eigenvalue weighted by molar-refractivity contribution is -0.140. The van der Waals surface area contributed by atoms with Gasteiger partial charge in [0.25, 0.3) is 0 Å². The van der Waals surface area contributed by atoms with Crippen LogP contribution in [0, 0.1) is 5.92 Å². The Morgan fingerprint density at radius 2 is 1.53 bits per heavy atom. The summed E-state index contributed by atoms with van der Waals surface area (Å²) < 4.78 is 0. The number of amides is 2. The van der Waals surface area contributed by atoms with Crippen LogP contribution in [-0.4, -0.2) is 40.8 Å². The summed E-state index contributed by atoms with van der Waals surface area (Å²) in [5, 5.41) is 8.63. The first-order valence-corrected chi connectivity index (χ1v) is 5.52. The van der Waals surface area contributed by atoms with E-state index in [1.165, 1.54) is 0 Å². The fourth-order valence-corrected chi connectivity index (χ4v) is 1.43. The van der Waals surface area contributed by atoms with Crippen LogP contribution in [0.4, 0.5) is 0 Å². The molecule has 108 valence electrons. The molecule has 19 heavy (non-hydrogen) atoms. The monoisotopic (exact) mass is 274 g/mol. The summed E-state index contributed by atoms with van der Waals surface area (Å²) >= 11 is 0. The van der Waals surface area contributed by atoms with E-state index in [1.807, 2.05) is 0 Å². The first-order chi connectivity index (χ1) is 8.66. The largest absolute Gasteiger partial charge is 0.480 e. The van der Waals surface area contributed by atoms with Gasteiger partial charge in [-0.15, -0.1) is 0 Å². The van der Waals surface area contributed by atoms with Gasteiger partial charge in [0.05, 0.1) is 12.0 Å². The van der Waals surface area contributed by atoms with Crippen molar-refractivity contribution in [1.82, 2.24) is 0 Å². The quantitative estimate of drug-likeness (QED) is 0.277. The summed E-state index contributed by atoms with van der Waals surface area (Å²) in [5.74, 6) is -5.14. The topological polar surface area (TPSA) is 193 Å². The lowest BCUT2D eigenvalue weighted by Gasteiger charge is -2.18. The number of ketones is 1. The zero-order valence-corrected chi connectivity index (χ0v) is 10.2. The van der Waals surface area contributed by atoms with Crippen molar-refractivity contribution in [3.8, 4) is 0 Å². The molecule has 0 saturated carbocycles. The van der Waals surface area contributed by atoms with Gasteiger partial charge >= 0.3 is 5.97 Å². The van der Waals surface area contributed by atoms with E-state index in [0.717, 1.165) is 0 Å². The van der Waals surface area contributed by atoms with Crippen molar-refractivity contribution in [2.24, 2.45) is 28.9 Å². The van der Waals surface area contributed by atoms with Gasteiger partial charge in [0.15, 0.2) is 5.78 Å². The molecule has 0 aromatic heterocycles. The molecular weight excluding hydrogens is 256 g/mol. The molecule has 0 spiro atoms. The van der Waals surface area contributed by atoms with Crippen LogP contribution in [-0.2, 0) is 19.2 Å². The summed E-state index contributed by atoms with van der Waals surface area (Å²) in [6, 6.07) is -2.52. The van der Waals surface area contributed by atoms with Crippen LogP contribution >= 0.6 is 0 Å². The molecule has 0 aliphatic heterocycles. The number of nitrogens with two attached hydrogens (primary N) is 4. The second-order valence-electron chi connectivity index (χ2n) is 4.15. The van der Waals surface area contributed by atoms with Crippen LogP contribution in [0.3, 0.4) is 0 Å². The maximum Gasteiger partial charge on any atom is 0.320 e. The number of carbonyl (C=O) groups excluding carboxylic acids is 3. The fourth-order valence-electron chi connectivity index (χ4n) is 1.43. The van der Waals surface area contributed by atoms with E-state index >= 15 is 0 Å². The molecule has 0 aromatic rings. The predicted molar refractivity (Wildman–Crippen MR) is 64.3 cm³/mol. The highest BCUT2D eigenvalue weighted by atomic mass is 16.4. The highest BCUT2D eigenvalue weighted by molar-refractivity contribution is 6.03. The van der Waals surface area contributed by atoms with Gasteiger partial charge in [0, 0.05) is 6.42 Å². The molecule has 0 bridgehead atoms. The predicted octanol–water partition coefficient (Wildman–Crippen LogP) is -2.95. The van der Waals surface area contributed by atoms with Gasteiger partial charge in [-0.1, -0.05) is 0 Å². The van der Waals surface area contributed by atoms with Crippen molar-refractivity contribution >= 4 is 23.6 Å². The first kappa shape index (κ1) is 17.0. The van der Waals surface area contributed by atoms with Crippen LogP contribution in [0.1, 0.15) is 19.3 Å². The zero-order chi connectivity index (χ0) is 15.2. The molecule has 3 atom stereocenters. The number of Topliss-reactive ketones (excluding diaryl/α,β-unsaturated/α-hetero) is 1. The first-order valence-electron chi connectivity index (χ1n) is 5.52. The minimum absolute atomic E-state index is 0.0414. The molecule has 0 saturated heterocycles. The molecule has 0 aliphatic carbocycles. The number of primary amides is 2. The smallest absolute Gasteiger partial charge is 0.320 e. The summed E-state index contributed by atoms with van der Waals surface area (Å²) in [5.41, 5.74) is 20.7. The highest BCUT2D eigenvalue weighted by Gasteiger charge is 2.32. The van der Waals surface area contributed by atoms with Gasteiger partial charge in [0.1, 0.15) is 6.04 Å². The third kappa shape index (κ3) is 5.93. The highest BCUT2D eigenvalue weighted by Crippen LogP contribution is 2.11. The van der Waals surface area contributed by atoms with Crippen LogP contribution in [0.5, 0.6) is 0 Å². The van der Waals surface area contributed by atoms with Crippen LogP contribution in [0.25, 0.3) is 0 Å². The van der Waals surface area contributed by atoms with E-state index in [4.69, 9.17) is 28.0 Å². The third-order valence-electron chi connectivity index (χ3n) is 2.56. The average molecular weight is 274 g/mol. The number of hydrogen-bond acceptors (Lipinski definition) is 6. The molecule has 0 radical (unpaired) electrons. The standard InChI is InChI=1S/C10H18N4O5/c11-5(1-2-7(13)15)8(16)4(9(14)17)3-6(12)10(18)19/h4-6H,1-3,11-12H2,(H2,13,15)(H2,14,17)(H,18,19)/t4?,5-,6-/m0/s1. The molecule has 9 nitrogen and oxygen atoms in total. The Hall–Kier alpha value is -2.00. The van der Waals surface area contributed by atoms with E-state index in [2.05, 4.69) is 0 Å². The number of carbonyl (C=O) groups is 4. The van der Waals surface area contributed by atoms with Gasteiger partial charge in [-0.25, -0.2) is 0 Å². The Labute approximate surface area is 109 Å². The van der Waals surface area contributed by atoms with Gasteiger partial charge in [-0.05, 0) is 12.8 Å². The van der Waals surface area contributed by atoms with Crippen molar-refractivity contribution in [1.29, 1.82) is 0 Å². The van der Waals surface area contributed by atoms with E-state index < -0.39 is 48.0 Å². The Bertz CT molecular complexity index is 384. The van der Waals surface area contributed by atoms with Gasteiger partial charge in [-0.2, -0.15) is 0 Å². The molecule has 9 N–H and O–H groups in total. The molecule has 1 unspecified atom stereocenters. The van der Waals surface area contributed by atoms with Gasteiger partial charge in [-0.3, -0.25) is 19.2 Å². The van der Waals surface area contributed by atoms with Crippen molar-refractivity contribution in [3.05, 3.63) is 0 Å². The van der Waals surface area contributed by atoms with Crippen molar-refractivity contribution < 1.29 is 24.3 Å². The Balaban J connectivity index is 4.70. The van der Waals surface area contributed by atoms with Crippen LogP contribution in [0.15, 0.2) is 0 Å². The van der Waals surface area contributed by atoms with E-state index in [-0.39, 0.29) is 12.8 Å². The molecule has 0 rings (SSSR count). The molecule has 2 amide bonds. The maximum absolute atomic E-state index is 11.8. The third-order valence-corrected chi connectivity index (χ3v) is 2.56. The number of carboxylic acid groups (broad SMARTS) is 1. The molecule has 9 heteroatoms. The SMILES string of the molecule is NC(=O)CC[C@H](N)C(=O)C(C[C@H](N)C(=O)O)C(N)=O. The Morgan fingerprint density at radius 1 is 1.00 bits per heavy atom. The maximum atomic E-state index is 11.8. The molecule has 0 aromatic carbocycles. The van der Waals surface area contributed by atoms with E-state index in [9.17, 15) is 19.2 Å². The van der Waals surface area contributed by atoms with Crippen molar-refractivity contribution in [3.63, 3.8) is 0 Å². The number of hydrogen-bond donors (Lipinski definition) is 5. The van der Waals surface area contributed by atoms with Gasteiger partial charge in [0.2, 0.25) is 11.8 Å². The normalized spacial score (nSPS) is 15.3. The number of aliphatic carboxylic acids is 1. The second-order valence-corrected chi connectivity index (χ2v) is 4.15. The summed E-state index contributed by atoms with van der Waals surface area (Å²) in [4.78, 5) is 44.1. The summed E-state index contributed by atoms with van der Waals surface area (Å²) in [6.07, 6.45) is -0.600. The average Bonchev–Trinajstić information content (AvgIpc) is 2.30. The van der Waals surface area contributed by atoms with Crippen LogP contribution in [0.2, 0.25) is 0 Å². The minimum Gasteiger partial charge on any atom is -0.480 e. The number of carboxylic acids is 1. The Kier molecular flexibility index (Phi) is 6.66. The Morgan fingerprint density at radius 3 is 1.89 bits per heavy atom. The lowest BCUT2D eigenvalue weighted by Crippen LogP contribution is -2.45. The zero-order valence-electron chi connectivity index (χ0n) is 10.2. The molecule has 0 aliphatic rings. The minimum atomic E-state index is -1.40. The molecule has 0 heterocycles. The van der Waals surface area contributed by atoms with E-state index in [1.54, 1.807) is 0 Å². The lowest BCUT2D eigenvalue weighted by atomic mass is 9.89. The van der Waals surface area contributed by atoms with Crippen LogP contribution < -0.4 is 22.9 Å². The second kappa shape index (κ2) is 7.44. The summed E-state index contributed by atoms with van der Waals surface area (Å²) in [6.45, 7) is 0. The van der Waals surface area contributed by atoms with Crippen molar-refractivity contribution in [2.75, 3.05) is 0 Å². The molecular formula is C10H18N4O5. The fraction of sp³-hybridized carbons (Fsp3) is 0.600. The molecule has 0 fully saturated rings. The summed E-state index contributed by atoms with van der Waals surface area (Å²) in [7, 11) is 0. The van der Waals surface area contributed by atoms with Crippen molar-refractivity contribution in [2.45, 2.75) is 31.3 Å². The number of rotatable bonds is 9.